The van der Waals surface area contributed by atoms with E-state index in [0.717, 1.165) is 17.5 Å². The number of hydrogen-bond donors (Lipinski definition) is 0. The van der Waals surface area contributed by atoms with E-state index >= 15 is 0 Å². The van der Waals surface area contributed by atoms with Gasteiger partial charge in [-0.05, 0) is 24.5 Å². The molecular weight excluding hydrogens is 186 g/mol. The van der Waals surface area contributed by atoms with Crippen molar-refractivity contribution in [1.82, 2.24) is 0 Å². The van der Waals surface area contributed by atoms with E-state index in [0.29, 0.717) is 11.3 Å². The fourth-order valence-corrected chi connectivity index (χ4v) is 1.79. The van der Waals surface area contributed by atoms with E-state index in [1.807, 2.05) is 26.0 Å². The van der Waals surface area contributed by atoms with Gasteiger partial charge in [-0.2, -0.15) is 8.78 Å². The molecule has 0 radical (unpaired) electrons. The van der Waals surface area contributed by atoms with Crippen LogP contribution in [0.1, 0.15) is 23.6 Å². The Morgan fingerprint density at radius 3 is 2.79 bits per heavy atom. The Balaban J connectivity index is 2.53. The maximum absolute atomic E-state index is 13.0. The third-order valence-electron chi connectivity index (χ3n) is 2.59. The van der Waals surface area contributed by atoms with Crippen molar-refractivity contribution in [1.29, 1.82) is 0 Å². The number of benzene rings is 1. The highest BCUT2D eigenvalue weighted by atomic mass is 19.3. The van der Waals surface area contributed by atoms with Gasteiger partial charge in [0.2, 0.25) is 0 Å². The Bertz CT molecular complexity index is 372. The number of halogens is 2. The maximum Gasteiger partial charge on any atom is 0.402 e. The average Bonchev–Trinajstić information content (AvgIpc) is 2.42. The highest BCUT2D eigenvalue weighted by Crippen LogP contribution is 2.41. The zero-order valence-corrected chi connectivity index (χ0v) is 8.23. The first kappa shape index (κ1) is 9.44. The third kappa shape index (κ3) is 1.37. The Hall–Kier alpha value is -1.12. The van der Waals surface area contributed by atoms with E-state index < -0.39 is 6.11 Å². The molecule has 1 aliphatic heterocycles. The SMILES string of the molecule is CCc1ccc(C)c2c1OC(F)(F)C2. The van der Waals surface area contributed by atoms with Crippen molar-refractivity contribution in [3.05, 3.63) is 28.8 Å². The largest absolute Gasteiger partial charge is 0.432 e. The van der Waals surface area contributed by atoms with Crippen LogP contribution in [0.15, 0.2) is 12.1 Å². The molecule has 3 heteroatoms. The van der Waals surface area contributed by atoms with Crippen LogP contribution in [0.25, 0.3) is 0 Å². The van der Waals surface area contributed by atoms with Crippen LogP contribution in [0.3, 0.4) is 0 Å². The van der Waals surface area contributed by atoms with Crippen LogP contribution in [0.5, 0.6) is 5.75 Å². The summed E-state index contributed by atoms with van der Waals surface area (Å²) < 4.78 is 30.7. The molecule has 0 amide bonds. The van der Waals surface area contributed by atoms with Gasteiger partial charge in [0, 0.05) is 5.56 Å². The van der Waals surface area contributed by atoms with Crippen LogP contribution in [-0.4, -0.2) is 6.11 Å². The molecule has 76 valence electrons. The average molecular weight is 198 g/mol. The molecule has 0 N–H and O–H groups in total. The van der Waals surface area contributed by atoms with Crippen LogP contribution >= 0.6 is 0 Å². The molecule has 0 unspecified atom stereocenters. The van der Waals surface area contributed by atoms with E-state index in [9.17, 15) is 8.78 Å². The molecule has 0 saturated heterocycles. The number of alkyl halides is 2. The van der Waals surface area contributed by atoms with Crippen LogP contribution < -0.4 is 4.74 Å². The minimum Gasteiger partial charge on any atom is -0.432 e. The van der Waals surface area contributed by atoms with Gasteiger partial charge in [-0.1, -0.05) is 19.1 Å². The quantitative estimate of drug-likeness (QED) is 0.673. The first-order valence-corrected chi connectivity index (χ1v) is 4.71. The lowest BCUT2D eigenvalue weighted by molar-refractivity contribution is -0.159. The van der Waals surface area contributed by atoms with Gasteiger partial charge >= 0.3 is 6.11 Å². The van der Waals surface area contributed by atoms with E-state index in [4.69, 9.17) is 0 Å². The summed E-state index contributed by atoms with van der Waals surface area (Å²) in [6.07, 6.45) is -2.58. The minimum absolute atomic E-state index is 0.290. The topological polar surface area (TPSA) is 9.23 Å². The second kappa shape index (κ2) is 2.94. The monoisotopic (exact) mass is 198 g/mol. The Morgan fingerprint density at radius 2 is 2.14 bits per heavy atom. The highest BCUT2D eigenvalue weighted by Gasteiger charge is 2.41. The summed E-state index contributed by atoms with van der Waals surface area (Å²) in [5.41, 5.74) is 2.41. The molecule has 0 saturated carbocycles. The molecule has 1 heterocycles. The van der Waals surface area contributed by atoms with Crippen molar-refractivity contribution >= 4 is 0 Å². The van der Waals surface area contributed by atoms with Crippen molar-refractivity contribution in [2.45, 2.75) is 32.8 Å². The molecule has 1 aliphatic rings. The van der Waals surface area contributed by atoms with Crippen molar-refractivity contribution in [3.63, 3.8) is 0 Å². The zero-order chi connectivity index (χ0) is 10.3. The lowest BCUT2D eigenvalue weighted by atomic mass is 10.0. The Kier molecular flexibility index (Phi) is 1.98. The normalized spacial score (nSPS) is 17.7. The Labute approximate surface area is 81.7 Å². The molecule has 14 heavy (non-hydrogen) atoms. The van der Waals surface area contributed by atoms with Crippen molar-refractivity contribution in [2.75, 3.05) is 0 Å². The highest BCUT2D eigenvalue weighted by molar-refractivity contribution is 5.49. The van der Waals surface area contributed by atoms with Gasteiger partial charge in [-0.25, -0.2) is 0 Å². The summed E-state index contributed by atoms with van der Waals surface area (Å²) in [4.78, 5) is 0. The molecule has 0 spiro atoms. The predicted molar refractivity (Wildman–Crippen MR) is 49.8 cm³/mol. The second-order valence-corrected chi connectivity index (χ2v) is 3.62. The zero-order valence-electron chi connectivity index (χ0n) is 8.23. The molecule has 0 bridgehead atoms. The molecule has 1 aromatic carbocycles. The molecule has 0 fully saturated rings. The van der Waals surface area contributed by atoms with E-state index in [1.165, 1.54) is 0 Å². The van der Waals surface area contributed by atoms with Crippen LogP contribution in [0, 0.1) is 6.92 Å². The number of fused-ring (bicyclic) bond motifs is 1. The maximum atomic E-state index is 13.0. The summed E-state index contributed by atoms with van der Waals surface area (Å²) in [5.74, 6) is 0.400. The van der Waals surface area contributed by atoms with Gasteiger partial charge in [0.15, 0.2) is 0 Å². The van der Waals surface area contributed by atoms with Crippen LogP contribution in [0.2, 0.25) is 0 Å². The molecule has 1 nitrogen and oxygen atoms in total. The van der Waals surface area contributed by atoms with Crippen molar-refractivity contribution in [2.24, 2.45) is 0 Å². The fraction of sp³-hybridized carbons (Fsp3) is 0.455. The standard InChI is InChI=1S/C11H12F2O/c1-3-8-5-4-7(2)9-6-11(12,13)14-10(8)9/h4-5H,3,6H2,1-2H3. The summed E-state index contributed by atoms with van der Waals surface area (Å²) in [7, 11) is 0. The first-order chi connectivity index (χ1) is 6.53. The summed E-state index contributed by atoms with van der Waals surface area (Å²) in [5, 5.41) is 0. The number of ether oxygens (including phenoxy) is 1. The van der Waals surface area contributed by atoms with Gasteiger partial charge in [0.05, 0.1) is 6.42 Å². The minimum atomic E-state index is -3.02. The molecule has 0 aromatic heterocycles. The molecule has 2 rings (SSSR count). The van der Waals surface area contributed by atoms with Crippen LogP contribution in [0.4, 0.5) is 8.78 Å². The third-order valence-corrected chi connectivity index (χ3v) is 2.59. The summed E-state index contributed by atoms with van der Waals surface area (Å²) in [6.45, 7) is 3.77. The van der Waals surface area contributed by atoms with Crippen molar-refractivity contribution in [3.8, 4) is 5.75 Å². The Morgan fingerprint density at radius 1 is 1.43 bits per heavy atom. The van der Waals surface area contributed by atoms with Gasteiger partial charge < -0.3 is 4.74 Å². The molecule has 1 aromatic rings. The number of aryl methyl sites for hydroxylation is 2. The second-order valence-electron chi connectivity index (χ2n) is 3.62. The molecule has 0 aliphatic carbocycles. The predicted octanol–water partition coefficient (Wildman–Crippen LogP) is 3.09. The van der Waals surface area contributed by atoms with E-state index in [1.54, 1.807) is 0 Å². The van der Waals surface area contributed by atoms with Gasteiger partial charge in [0.25, 0.3) is 0 Å². The smallest absolute Gasteiger partial charge is 0.402 e. The van der Waals surface area contributed by atoms with E-state index in [2.05, 4.69) is 4.74 Å². The number of hydrogen-bond acceptors (Lipinski definition) is 1. The summed E-state index contributed by atoms with van der Waals surface area (Å²) in [6, 6.07) is 3.73. The fourth-order valence-electron chi connectivity index (χ4n) is 1.79. The number of rotatable bonds is 1. The molecular formula is C11H12F2O. The lowest BCUT2D eigenvalue weighted by Gasteiger charge is -2.09. The molecule has 0 atom stereocenters. The first-order valence-electron chi connectivity index (χ1n) is 4.71. The van der Waals surface area contributed by atoms with Crippen molar-refractivity contribution < 1.29 is 13.5 Å². The van der Waals surface area contributed by atoms with E-state index in [-0.39, 0.29) is 6.42 Å². The summed E-state index contributed by atoms with van der Waals surface area (Å²) >= 11 is 0. The van der Waals surface area contributed by atoms with Gasteiger partial charge in [-0.3, -0.25) is 0 Å². The lowest BCUT2D eigenvalue weighted by Crippen LogP contribution is -2.20. The van der Waals surface area contributed by atoms with Gasteiger partial charge in [0.1, 0.15) is 5.75 Å². The van der Waals surface area contributed by atoms with Gasteiger partial charge in [-0.15, -0.1) is 0 Å². The van der Waals surface area contributed by atoms with Crippen LogP contribution in [-0.2, 0) is 12.8 Å².